The molecule has 0 saturated heterocycles. The lowest BCUT2D eigenvalue weighted by Crippen LogP contribution is -2.38. The molecule has 0 aliphatic heterocycles. The van der Waals surface area contributed by atoms with Crippen molar-refractivity contribution in [2.45, 2.75) is 12.6 Å². The van der Waals surface area contributed by atoms with Gasteiger partial charge in [0.15, 0.2) is 0 Å². The van der Waals surface area contributed by atoms with E-state index in [4.69, 9.17) is 16.3 Å². The topological polar surface area (TPSA) is 105 Å². The third kappa shape index (κ3) is 7.61. The van der Waals surface area contributed by atoms with Crippen LogP contribution in [0.5, 0.6) is 0 Å². The van der Waals surface area contributed by atoms with Gasteiger partial charge in [-0.15, -0.1) is 0 Å². The first kappa shape index (κ1) is 27.4. The van der Waals surface area contributed by atoms with Crippen LogP contribution in [-0.2, 0) is 25.7 Å². The van der Waals surface area contributed by atoms with Gasteiger partial charge in [-0.05, 0) is 36.8 Å². The van der Waals surface area contributed by atoms with Crippen molar-refractivity contribution in [3.8, 4) is 0 Å². The highest BCUT2D eigenvalue weighted by molar-refractivity contribution is 7.92. The van der Waals surface area contributed by atoms with Gasteiger partial charge in [0, 0.05) is 20.3 Å². The van der Waals surface area contributed by atoms with Crippen molar-refractivity contribution in [3.63, 3.8) is 0 Å². The van der Waals surface area contributed by atoms with Crippen molar-refractivity contribution in [3.05, 3.63) is 58.6 Å². The van der Waals surface area contributed by atoms with Gasteiger partial charge < -0.3 is 15.4 Å². The summed E-state index contributed by atoms with van der Waals surface area (Å²) in [5.41, 5.74) is -1.41. The maximum Gasteiger partial charge on any atom is 0.416 e. The Bertz CT molecular complexity index is 1140. The average molecular weight is 522 g/mol. The SMILES string of the molecule is COCCCNC(=O)c1ccccc1NC(=O)CN(c1cc(C(F)(F)F)ccc1Cl)S(C)(=O)=O. The van der Waals surface area contributed by atoms with Crippen LogP contribution in [0.4, 0.5) is 24.5 Å². The number of sulfonamides is 1. The molecule has 186 valence electrons. The Kier molecular flexibility index (Phi) is 9.30. The number of hydrogen-bond donors (Lipinski definition) is 2. The molecule has 0 radical (unpaired) electrons. The normalized spacial score (nSPS) is 11.7. The second-order valence-corrected chi connectivity index (χ2v) is 9.44. The van der Waals surface area contributed by atoms with Gasteiger partial charge in [0.2, 0.25) is 15.9 Å². The number of ether oxygens (including phenoxy) is 1. The summed E-state index contributed by atoms with van der Waals surface area (Å²) >= 11 is 5.96. The van der Waals surface area contributed by atoms with Crippen LogP contribution in [0.25, 0.3) is 0 Å². The van der Waals surface area contributed by atoms with Crippen molar-refractivity contribution in [1.82, 2.24) is 5.32 Å². The van der Waals surface area contributed by atoms with Gasteiger partial charge in [-0.2, -0.15) is 13.2 Å². The molecule has 0 unspecified atom stereocenters. The van der Waals surface area contributed by atoms with Gasteiger partial charge >= 0.3 is 6.18 Å². The predicted octanol–water partition coefficient (Wildman–Crippen LogP) is 3.53. The molecule has 0 aliphatic carbocycles. The van der Waals surface area contributed by atoms with Crippen molar-refractivity contribution >= 4 is 44.8 Å². The van der Waals surface area contributed by atoms with E-state index in [-0.39, 0.29) is 16.3 Å². The fourth-order valence-corrected chi connectivity index (χ4v) is 4.01. The molecular weight excluding hydrogens is 499 g/mol. The van der Waals surface area contributed by atoms with Crippen LogP contribution in [0, 0.1) is 0 Å². The Balaban J connectivity index is 2.26. The molecule has 8 nitrogen and oxygen atoms in total. The van der Waals surface area contributed by atoms with Crippen LogP contribution >= 0.6 is 11.6 Å². The standard InChI is InChI=1S/C21H23ClF3N3O5S/c1-33-11-5-10-26-20(30)15-6-3-4-7-17(15)27-19(29)13-28(34(2,31)32)18-12-14(21(23,24)25)8-9-16(18)22/h3-4,6-9,12H,5,10-11,13H2,1-2H3,(H,26,30)(H,27,29). The molecule has 0 heterocycles. The van der Waals surface area contributed by atoms with Gasteiger partial charge in [-0.1, -0.05) is 23.7 Å². The molecule has 2 aromatic rings. The minimum Gasteiger partial charge on any atom is -0.385 e. The summed E-state index contributed by atoms with van der Waals surface area (Å²) in [5, 5.41) is 4.81. The number of para-hydroxylation sites is 1. The van der Waals surface area contributed by atoms with Crippen molar-refractivity contribution < 1.29 is 35.9 Å². The minimum absolute atomic E-state index is 0.0975. The monoisotopic (exact) mass is 521 g/mol. The lowest BCUT2D eigenvalue weighted by Gasteiger charge is -2.24. The number of alkyl halides is 3. The van der Waals surface area contributed by atoms with E-state index in [1.807, 2.05) is 0 Å². The maximum absolute atomic E-state index is 13.1. The third-order valence-corrected chi connectivity index (χ3v) is 5.93. The fraction of sp³-hybridized carbons (Fsp3) is 0.333. The van der Waals surface area contributed by atoms with E-state index in [1.165, 1.54) is 19.2 Å². The Labute approximate surface area is 200 Å². The van der Waals surface area contributed by atoms with Crippen LogP contribution in [0.1, 0.15) is 22.3 Å². The molecule has 2 amide bonds. The molecular formula is C21H23ClF3N3O5S. The third-order valence-electron chi connectivity index (χ3n) is 4.49. The molecule has 13 heteroatoms. The van der Waals surface area contributed by atoms with Crippen molar-refractivity contribution in [1.29, 1.82) is 0 Å². The Morgan fingerprint density at radius 2 is 1.82 bits per heavy atom. The van der Waals surface area contributed by atoms with Crippen LogP contribution in [-0.4, -0.2) is 53.3 Å². The molecule has 0 saturated carbocycles. The molecule has 0 aromatic heterocycles. The summed E-state index contributed by atoms with van der Waals surface area (Å²) in [5.74, 6) is -1.37. The molecule has 2 aromatic carbocycles. The minimum atomic E-state index is -4.75. The maximum atomic E-state index is 13.1. The number of methoxy groups -OCH3 is 1. The highest BCUT2D eigenvalue weighted by atomic mass is 35.5. The molecule has 2 N–H and O–H groups in total. The number of nitrogens with one attached hydrogen (secondary N) is 2. The first-order valence-electron chi connectivity index (χ1n) is 9.85. The Morgan fingerprint density at radius 1 is 1.15 bits per heavy atom. The van der Waals surface area contributed by atoms with E-state index in [2.05, 4.69) is 10.6 Å². The lowest BCUT2D eigenvalue weighted by atomic mass is 10.1. The van der Waals surface area contributed by atoms with Crippen LogP contribution in [0.15, 0.2) is 42.5 Å². The van der Waals surface area contributed by atoms with E-state index < -0.39 is 45.8 Å². The molecule has 2 rings (SSSR count). The number of hydrogen-bond acceptors (Lipinski definition) is 5. The number of carbonyl (C=O) groups is 2. The number of amides is 2. The number of nitrogens with zero attached hydrogens (tertiary/aromatic N) is 1. The summed E-state index contributed by atoms with van der Waals surface area (Å²) in [6, 6.07) is 8.18. The fourth-order valence-electron chi connectivity index (χ4n) is 2.89. The Hall–Kier alpha value is -2.83. The number of anilines is 2. The zero-order valence-electron chi connectivity index (χ0n) is 18.3. The Morgan fingerprint density at radius 3 is 2.44 bits per heavy atom. The second-order valence-electron chi connectivity index (χ2n) is 7.13. The summed E-state index contributed by atoms with van der Waals surface area (Å²) in [4.78, 5) is 25.1. The van der Waals surface area contributed by atoms with Crippen LogP contribution < -0.4 is 14.9 Å². The largest absolute Gasteiger partial charge is 0.416 e. The van der Waals surface area contributed by atoms with E-state index in [9.17, 15) is 31.2 Å². The van der Waals surface area contributed by atoms with Crippen molar-refractivity contribution in [2.75, 3.05) is 42.7 Å². The highest BCUT2D eigenvalue weighted by Crippen LogP contribution is 2.36. The average Bonchev–Trinajstić information content (AvgIpc) is 2.74. The summed E-state index contributed by atoms with van der Waals surface area (Å²) in [7, 11) is -2.68. The predicted molar refractivity (Wildman–Crippen MR) is 123 cm³/mol. The molecule has 34 heavy (non-hydrogen) atoms. The molecule has 0 fully saturated rings. The van der Waals surface area contributed by atoms with Gasteiger partial charge in [-0.25, -0.2) is 8.42 Å². The zero-order valence-corrected chi connectivity index (χ0v) is 19.9. The van der Waals surface area contributed by atoms with E-state index in [0.29, 0.717) is 36.0 Å². The van der Waals surface area contributed by atoms with Gasteiger partial charge in [0.1, 0.15) is 6.54 Å². The molecule has 0 spiro atoms. The molecule has 0 atom stereocenters. The van der Waals surface area contributed by atoms with Crippen LogP contribution in [0.2, 0.25) is 5.02 Å². The first-order valence-corrected chi connectivity index (χ1v) is 12.1. The van der Waals surface area contributed by atoms with E-state index >= 15 is 0 Å². The number of carbonyl (C=O) groups excluding carboxylic acids is 2. The first-order chi connectivity index (χ1) is 15.8. The van der Waals surface area contributed by atoms with E-state index in [1.54, 1.807) is 12.1 Å². The van der Waals surface area contributed by atoms with Crippen LogP contribution in [0.3, 0.4) is 0 Å². The van der Waals surface area contributed by atoms with Crippen molar-refractivity contribution in [2.24, 2.45) is 0 Å². The smallest absolute Gasteiger partial charge is 0.385 e. The number of rotatable bonds is 10. The summed E-state index contributed by atoms with van der Waals surface area (Å²) < 4.78 is 69.4. The second kappa shape index (κ2) is 11.5. The molecule has 0 bridgehead atoms. The quantitative estimate of drug-likeness (QED) is 0.465. The van der Waals surface area contributed by atoms with Gasteiger partial charge in [0.25, 0.3) is 5.91 Å². The highest BCUT2D eigenvalue weighted by Gasteiger charge is 2.33. The number of benzene rings is 2. The van der Waals surface area contributed by atoms with E-state index in [0.717, 1.165) is 12.3 Å². The summed E-state index contributed by atoms with van der Waals surface area (Å²) in [6.45, 7) is -0.105. The van der Waals surface area contributed by atoms with Gasteiger partial charge in [0.05, 0.1) is 33.8 Å². The van der Waals surface area contributed by atoms with Gasteiger partial charge in [-0.3, -0.25) is 13.9 Å². The zero-order chi connectivity index (χ0) is 25.5. The lowest BCUT2D eigenvalue weighted by molar-refractivity contribution is -0.137. The molecule has 0 aliphatic rings. The number of halogens is 4. The summed E-state index contributed by atoms with van der Waals surface area (Å²) in [6.07, 6.45) is -3.45.